The van der Waals surface area contributed by atoms with E-state index in [4.69, 9.17) is 22.9 Å². The summed E-state index contributed by atoms with van der Waals surface area (Å²) in [5.74, 6) is -4.22. The van der Waals surface area contributed by atoms with Crippen LogP contribution in [0, 0.1) is 11.8 Å². The quantitative estimate of drug-likeness (QED) is 0.0343. The van der Waals surface area contributed by atoms with Crippen molar-refractivity contribution in [3.05, 3.63) is 71.9 Å². The van der Waals surface area contributed by atoms with Gasteiger partial charge >= 0.3 is 0 Å². The van der Waals surface area contributed by atoms with Crippen LogP contribution in [0.5, 0.6) is 0 Å². The van der Waals surface area contributed by atoms with E-state index in [1.807, 2.05) is 58.0 Å². The summed E-state index contributed by atoms with van der Waals surface area (Å²) in [6.07, 6.45) is 3.50. The molecule has 3 aliphatic heterocycles. The zero-order valence-electron chi connectivity index (χ0n) is 41.5. The third kappa shape index (κ3) is 14.3. The number of thioether (sulfide) groups is 1. The second-order valence-electron chi connectivity index (χ2n) is 19.7. The second kappa shape index (κ2) is 25.1. The molecule has 1 unspecified atom stereocenters. The van der Waals surface area contributed by atoms with Crippen molar-refractivity contribution >= 4 is 75.9 Å². The van der Waals surface area contributed by atoms with E-state index < -0.39 is 89.7 Å². The molecule has 0 bridgehead atoms. The average Bonchev–Trinajstić information content (AvgIpc) is 3.99. The molecule has 13 N–H and O–H groups in total. The van der Waals surface area contributed by atoms with Crippen LogP contribution in [0.15, 0.2) is 65.8 Å². The van der Waals surface area contributed by atoms with Gasteiger partial charge in [-0.3, -0.25) is 43.3 Å². The van der Waals surface area contributed by atoms with E-state index in [1.54, 1.807) is 35.4 Å². The van der Waals surface area contributed by atoms with Crippen LogP contribution in [0.25, 0.3) is 10.9 Å². The standard InChI is InChI=1S/C50H71N13O8S/c1-28(2)20-36(43(52)65)59-46(68)39-17-11-19-62(39)48(70)35(16-10-18-55-50(53)54)58-44(66)37(22-30-12-6-5-7-13-30)60-45(67)38(23-31-24-56-34-15-9-8-14-32(31)34)57-41(64)25-61-26-42-63(47(69)33(51)27-72-42)40(49(61)71)21-29(3)4/h5-9,12-15,24,28-29,33,35-40,42,56H,10-11,16-23,25-27,51H2,1-4H3,(H2,52,65)(H,57,64)(H,58,66)(H,59,68)(H,60,67)(H4,53,54,55)/t33-,35-,36-,37-,38-,39-,40-,42?/m0/s1. The minimum Gasteiger partial charge on any atom is -0.370 e. The first-order valence-corrected chi connectivity index (χ1v) is 25.8. The number of amides is 8. The van der Waals surface area contributed by atoms with Crippen LogP contribution in [-0.4, -0.2) is 152 Å². The van der Waals surface area contributed by atoms with Gasteiger partial charge in [-0.25, -0.2) is 0 Å². The highest BCUT2D eigenvalue weighted by atomic mass is 32.2. The molecular formula is C50H71N13O8S. The average molecular weight is 1010 g/mol. The number of fused-ring (bicyclic) bond motifs is 2. The molecule has 8 atom stereocenters. The highest BCUT2D eigenvalue weighted by molar-refractivity contribution is 8.00. The first kappa shape index (κ1) is 54.6. The Morgan fingerprint density at radius 1 is 0.819 bits per heavy atom. The molecule has 21 nitrogen and oxygen atoms in total. The fourth-order valence-electron chi connectivity index (χ4n) is 9.60. The molecule has 1 aromatic heterocycles. The van der Waals surface area contributed by atoms with Crippen LogP contribution in [-0.2, 0) is 51.2 Å². The minimum atomic E-state index is -1.29. The Hall–Kier alpha value is -6.68. The Labute approximate surface area is 424 Å². The number of carbonyl (C=O) groups excluding carboxylic acids is 8. The number of piperazine rings is 1. The number of rotatable bonds is 23. The number of carbonyl (C=O) groups is 8. The van der Waals surface area contributed by atoms with Crippen LogP contribution in [0.2, 0.25) is 0 Å². The van der Waals surface area contributed by atoms with Gasteiger partial charge in [0.25, 0.3) is 0 Å². The highest BCUT2D eigenvalue weighted by Crippen LogP contribution is 2.33. The molecule has 3 aromatic rings. The molecule has 4 heterocycles. The van der Waals surface area contributed by atoms with E-state index in [9.17, 15) is 38.4 Å². The summed E-state index contributed by atoms with van der Waals surface area (Å²) in [6.45, 7) is 7.70. The maximum Gasteiger partial charge on any atom is 0.246 e. The number of likely N-dealkylation sites (tertiary alicyclic amines) is 1. The van der Waals surface area contributed by atoms with E-state index in [0.717, 1.165) is 10.9 Å². The molecule has 3 aliphatic rings. The molecule has 0 saturated carbocycles. The van der Waals surface area contributed by atoms with Crippen LogP contribution < -0.4 is 44.2 Å². The van der Waals surface area contributed by atoms with Crippen LogP contribution in [0.4, 0.5) is 0 Å². The van der Waals surface area contributed by atoms with Crippen molar-refractivity contribution in [1.29, 1.82) is 0 Å². The van der Waals surface area contributed by atoms with Gasteiger partial charge in [0, 0.05) is 48.8 Å². The smallest absolute Gasteiger partial charge is 0.246 e. The molecule has 0 aliphatic carbocycles. The molecule has 0 spiro atoms. The van der Waals surface area contributed by atoms with Crippen molar-refractivity contribution in [1.82, 2.24) is 41.0 Å². The lowest BCUT2D eigenvalue weighted by molar-refractivity contribution is -0.155. The van der Waals surface area contributed by atoms with Gasteiger partial charge in [0.15, 0.2) is 5.96 Å². The summed E-state index contributed by atoms with van der Waals surface area (Å²) < 4.78 is 0. The third-order valence-corrected chi connectivity index (χ3v) is 14.4. The summed E-state index contributed by atoms with van der Waals surface area (Å²) in [4.78, 5) is 123. The molecule has 6 rings (SSSR count). The maximum atomic E-state index is 14.8. The summed E-state index contributed by atoms with van der Waals surface area (Å²) in [7, 11) is 0. The number of aromatic amines is 1. The van der Waals surface area contributed by atoms with Gasteiger partial charge in [0.1, 0.15) is 36.3 Å². The van der Waals surface area contributed by atoms with Crippen molar-refractivity contribution in [3.8, 4) is 0 Å². The van der Waals surface area contributed by atoms with E-state index in [1.165, 1.54) is 21.6 Å². The number of H-pyrrole nitrogens is 1. The number of nitrogens with one attached hydrogen (secondary N) is 5. The highest BCUT2D eigenvalue weighted by Gasteiger charge is 2.48. The molecule has 3 saturated heterocycles. The molecule has 2 aromatic carbocycles. The number of benzene rings is 2. The molecule has 390 valence electrons. The largest absolute Gasteiger partial charge is 0.370 e. The van der Waals surface area contributed by atoms with Crippen LogP contribution >= 0.6 is 11.8 Å². The lowest BCUT2D eigenvalue weighted by Crippen LogP contribution is -2.68. The van der Waals surface area contributed by atoms with Gasteiger partial charge < -0.3 is 63.9 Å². The number of hydrogen-bond donors (Lipinski definition) is 9. The minimum absolute atomic E-state index is 0.0120. The zero-order chi connectivity index (χ0) is 52.2. The monoisotopic (exact) mass is 1010 g/mol. The van der Waals surface area contributed by atoms with Gasteiger partial charge in [-0.2, -0.15) is 0 Å². The molecule has 22 heteroatoms. The molecule has 8 amide bonds. The maximum absolute atomic E-state index is 14.8. The number of guanidine groups is 1. The summed E-state index contributed by atoms with van der Waals surface area (Å²) in [5, 5.41) is 11.7. The number of primary amides is 1. The van der Waals surface area contributed by atoms with Crippen molar-refractivity contribution in [3.63, 3.8) is 0 Å². The molecule has 0 radical (unpaired) electrons. The third-order valence-electron chi connectivity index (χ3n) is 13.1. The van der Waals surface area contributed by atoms with Crippen molar-refractivity contribution in [2.24, 2.45) is 39.8 Å². The van der Waals surface area contributed by atoms with Gasteiger partial charge in [0.05, 0.1) is 24.5 Å². The fraction of sp³-hybridized carbons (Fsp3) is 0.540. The van der Waals surface area contributed by atoms with Crippen LogP contribution in [0.3, 0.4) is 0 Å². The van der Waals surface area contributed by atoms with Crippen LogP contribution in [0.1, 0.15) is 77.3 Å². The Morgan fingerprint density at radius 3 is 2.18 bits per heavy atom. The normalized spacial score (nSPS) is 20.6. The summed E-state index contributed by atoms with van der Waals surface area (Å²) in [6, 6.07) is 9.22. The number of para-hydroxylation sites is 1. The molecule has 72 heavy (non-hydrogen) atoms. The second-order valence-corrected chi connectivity index (χ2v) is 20.9. The molecular weight excluding hydrogens is 943 g/mol. The van der Waals surface area contributed by atoms with E-state index in [-0.39, 0.29) is 74.9 Å². The van der Waals surface area contributed by atoms with Gasteiger partial charge in [-0.15, -0.1) is 11.8 Å². The first-order valence-electron chi connectivity index (χ1n) is 24.7. The number of aromatic nitrogens is 1. The number of hydrogen-bond acceptors (Lipinski definition) is 11. The fourth-order valence-corrected chi connectivity index (χ4v) is 10.9. The predicted molar refractivity (Wildman–Crippen MR) is 274 cm³/mol. The summed E-state index contributed by atoms with van der Waals surface area (Å²) in [5.41, 5.74) is 25.1. The SMILES string of the molecule is CC(C)C[C@H](NC(=O)[C@@H]1CCCN1C(=O)[C@H](CCCN=C(N)N)NC(=O)[C@H](Cc1ccccc1)NC(=O)[C@H](Cc1c[nH]c2ccccc12)NC(=O)CN1CC2SC[C@H](N)C(=O)N2[C@@H](CC(C)C)C1=O)C(N)=O. The lowest BCUT2D eigenvalue weighted by Gasteiger charge is -2.49. The summed E-state index contributed by atoms with van der Waals surface area (Å²) >= 11 is 1.46. The Bertz CT molecular complexity index is 2460. The Morgan fingerprint density at radius 2 is 1.50 bits per heavy atom. The predicted octanol–water partition coefficient (Wildman–Crippen LogP) is -0.0460. The topological polar surface area (TPSA) is 327 Å². The Kier molecular flexibility index (Phi) is 19.1. The van der Waals surface area contributed by atoms with E-state index in [2.05, 4.69) is 31.2 Å². The zero-order valence-corrected chi connectivity index (χ0v) is 42.3. The first-order chi connectivity index (χ1) is 34.3. The number of nitrogens with zero attached hydrogens (tertiary/aromatic N) is 4. The van der Waals surface area contributed by atoms with Gasteiger partial charge in [0.2, 0.25) is 47.3 Å². The van der Waals surface area contributed by atoms with E-state index >= 15 is 0 Å². The molecule has 3 fully saturated rings. The van der Waals surface area contributed by atoms with Gasteiger partial charge in [-0.1, -0.05) is 76.2 Å². The number of aliphatic imine (C=N–C) groups is 1. The van der Waals surface area contributed by atoms with Gasteiger partial charge in [-0.05, 0) is 67.6 Å². The Balaban J connectivity index is 1.26. The number of nitrogens with two attached hydrogens (primary N) is 4. The van der Waals surface area contributed by atoms with Crippen molar-refractivity contribution < 1.29 is 38.4 Å². The van der Waals surface area contributed by atoms with E-state index in [0.29, 0.717) is 42.6 Å². The van der Waals surface area contributed by atoms with Crippen molar-refractivity contribution in [2.45, 2.75) is 127 Å². The van der Waals surface area contributed by atoms with Crippen molar-refractivity contribution in [2.75, 3.05) is 31.9 Å². The lowest BCUT2D eigenvalue weighted by atomic mass is 9.98.